The van der Waals surface area contributed by atoms with Crippen LogP contribution in [-0.4, -0.2) is 6.54 Å². The zero-order valence-corrected chi connectivity index (χ0v) is 7.80. The highest BCUT2D eigenvalue weighted by molar-refractivity contribution is 5.69. The van der Waals surface area contributed by atoms with Gasteiger partial charge in [-0.15, -0.1) is 0 Å². The predicted octanol–water partition coefficient (Wildman–Crippen LogP) is 1.84. The minimum atomic E-state index is 0.603. The Morgan fingerprint density at radius 1 is 1.38 bits per heavy atom. The summed E-state index contributed by atoms with van der Waals surface area (Å²) in [7, 11) is 0. The van der Waals surface area contributed by atoms with Crippen LogP contribution in [0.4, 0.5) is 17.1 Å². The van der Waals surface area contributed by atoms with Gasteiger partial charge >= 0.3 is 0 Å². The highest BCUT2D eigenvalue weighted by Gasteiger charge is 1.96. The fraction of sp³-hybridized carbons (Fsp3) is 0.200. The summed E-state index contributed by atoms with van der Waals surface area (Å²) < 4.78 is 0. The molecule has 5 N–H and O–H groups in total. The number of anilines is 3. The number of hydrogen-bond donors (Lipinski definition) is 3. The summed E-state index contributed by atoms with van der Waals surface area (Å²) in [5, 5.41) is 3.18. The van der Waals surface area contributed by atoms with Gasteiger partial charge in [-0.2, -0.15) is 0 Å². The van der Waals surface area contributed by atoms with Crippen molar-refractivity contribution in [2.75, 3.05) is 23.3 Å². The summed E-state index contributed by atoms with van der Waals surface area (Å²) in [5.41, 5.74) is 14.5. The first-order chi connectivity index (χ1) is 6.09. The third kappa shape index (κ3) is 2.71. The standard InChI is InChI=1S/C10H15N3/c1-7(2)6-13-8-3-4-9(11)10(12)5-8/h3-5,13H,1,6,11-12H2,2H3. The van der Waals surface area contributed by atoms with Crippen molar-refractivity contribution < 1.29 is 0 Å². The Morgan fingerprint density at radius 3 is 2.62 bits per heavy atom. The van der Waals surface area contributed by atoms with Gasteiger partial charge in [-0.05, 0) is 25.1 Å². The number of rotatable bonds is 3. The molecule has 1 aromatic rings. The summed E-state index contributed by atoms with van der Waals surface area (Å²) in [6.45, 7) is 6.51. The molecule has 0 spiro atoms. The van der Waals surface area contributed by atoms with Crippen LogP contribution >= 0.6 is 0 Å². The average Bonchev–Trinajstić information content (AvgIpc) is 2.07. The van der Waals surface area contributed by atoms with E-state index in [1.165, 1.54) is 0 Å². The van der Waals surface area contributed by atoms with E-state index in [1.54, 1.807) is 6.07 Å². The Kier molecular flexibility index (Phi) is 2.80. The normalized spacial score (nSPS) is 9.62. The molecule has 3 nitrogen and oxygen atoms in total. The molecule has 0 bridgehead atoms. The van der Waals surface area contributed by atoms with Crippen LogP contribution in [0.1, 0.15) is 6.92 Å². The third-order valence-electron chi connectivity index (χ3n) is 1.68. The molecule has 1 rings (SSSR count). The highest BCUT2D eigenvalue weighted by atomic mass is 14.9. The van der Waals surface area contributed by atoms with Gasteiger partial charge < -0.3 is 16.8 Å². The fourth-order valence-electron chi connectivity index (χ4n) is 0.938. The minimum absolute atomic E-state index is 0.603. The van der Waals surface area contributed by atoms with Crippen molar-refractivity contribution in [2.45, 2.75) is 6.92 Å². The number of nitrogen functional groups attached to an aromatic ring is 2. The number of nitrogens with one attached hydrogen (secondary N) is 1. The molecule has 0 aliphatic heterocycles. The van der Waals surface area contributed by atoms with Crippen LogP contribution in [0.25, 0.3) is 0 Å². The van der Waals surface area contributed by atoms with Crippen LogP contribution in [-0.2, 0) is 0 Å². The molecule has 0 heterocycles. The summed E-state index contributed by atoms with van der Waals surface area (Å²) in [6, 6.07) is 5.50. The van der Waals surface area contributed by atoms with E-state index in [0.29, 0.717) is 11.4 Å². The SMILES string of the molecule is C=C(C)CNc1ccc(N)c(N)c1. The van der Waals surface area contributed by atoms with Gasteiger partial charge in [0.05, 0.1) is 11.4 Å². The number of hydrogen-bond acceptors (Lipinski definition) is 3. The van der Waals surface area contributed by atoms with Crippen molar-refractivity contribution in [3.05, 3.63) is 30.4 Å². The van der Waals surface area contributed by atoms with E-state index in [4.69, 9.17) is 11.5 Å². The summed E-state index contributed by atoms with van der Waals surface area (Å²) >= 11 is 0. The molecule has 3 heteroatoms. The van der Waals surface area contributed by atoms with Gasteiger partial charge in [-0.25, -0.2) is 0 Å². The first-order valence-electron chi connectivity index (χ1n) is 4.13. The summed E-state index contributed by atoms with van der Waals surface area (Å²) in [4.78, 5) is 0. The Balaban J connectivity index is 2.68. The van der Waals surface area contributed by atoms with E-state index in [-0.39, 0.29) is 0 Å². The Labute approximate surface area is 78.4 Å². The molecule has 70 valence electrons. The Bertz CT molecular complexity index is 318. The van der Waals surface area contributed by atoms with Crippen molar-refractivity contribution in [2.24, 2.45) is 0 Å². The molecule has 0 fully saturated rings. The van der Waals surface area contributed by atoms with E-state index in [0.717, 1.165) is 17.8 Å². The molecule has 0 atom stereocenters. The molecular weight excluding hydrogens is 162 g/mol. The van der Waals surface area contributed by atoms with Crippen molar-refractivity contribution in [3.8, 4) is 0 Å². The summed E-state index contributed by atoms with van der Waals surface area (Å²) in [6.07, 6.45) is 0. The second-order valence-corrected chi connectivity index (χ2v) is 3.15. The molecule has 0 aliphatic carbocycles. The minimum Gasteiger partial charge on any atom is -0.397 e. The molecule has 0 radical (unpaired) electrons. The maximum absolute atomic E-state index is 5.64. The van der Waals surface area contributed by atoms with Crippen LogP contribution in [0.3, 0.4) is 0 Å². The average molecular weight is 177 g/mol. The molecular formula is C10H15N3. The van der Waals surface area contributed by atoms with Crippen molar-refractivity contribution in [1.29, 1.82) is 0 Å². The van der Waals surface area contributed by atoms with Gasteiger partial charge in [0, 0.05) is 12.2 Å². The lowest BCUT2D eigenvalue weighted by atomic mass is 10.2. The largest absolute Gasteiger partial charge is 0.397 e. The quantitative estimate of drug-likeness (QED) is 0.487. The Hall–Kier alpha value is -1.64. The second kappa shape index (κ2) is 3.85. The van der Waals surface area contributed by atoms with Crippen LogP contribution in [0.2, 0.25) is 0 Å². The van der Waals surface area contributed by atoms with Crippen LogP contribution < -0.4 is 16.8 Å². The first-order valence-corrected chi connectivity index (χ1v) is 4.13. The van der Waals surface area contributed by atoms with E-state index in [1.807, 2.05) is 19.1 Å². The van der Waals surface area contributed by atoms with Gasteiger partial charge in [0.2, 0.25) is 0 Å². The molecule has 0 saturated heterocycles. The predicted molar refractivity (Wildman–Crippen MR) is 58.6 cm³/mol. The molecule has 0 aliphatic rings. The Morgan fingerprint density at radius 2 is 2.08 bits per heavy atom. The molecule has 0 aromatic heterocycles. The second-order valence-electron chi connectivity index (χ2n) is 3.15. The smallest absolute Gasteiger partial charge is 0.0568 e. The topological polar surface area (TPSA) is 64.1 Å². The van der Waals surface area contributed by atoms with Gasteiger partial charge in [0.1, 0.15) is 0 Å². The molecule has 0 amide bonds. The van der Waals surface area contributed by atoms with Crippen molar-refractivity contribution in [1.82, 2.24) is 0 Å². The number of nitrogens with two attached hydrogens (primary N) is 2. The van der Waals surface area contributed by atoms with E-state index < -0.39 is 0 Å². The molecule has 13 heavy (non-hydrogen) atoms. The van der Waals surface area contributed by atoms with Crippen LogP contribution in [0, 0.1) is 0 Å². The summed E-state index contributed by atoms with van der Waals surface area (Å²) in [5.74, 6) is 0. The lowest BCUT2D eigenvalue weighted by Crippen LogP contribution is -2.03. The molecule has 0 saturated carbocycles. The maximum Gasteiger partial charge on any atom is 0.0568 e. The third-order valence-corrected chi connectivity index (χ3v) is 1.68. The van der Waals surface area contributed by atoms with Crippen LogP contribution in [0.5, 0.6) is 0 Å². The monoisotopic (exact) mass is 177 g/mol. The molecule has 0 unspecified atom stereocenters. The van der Waals surface area contributed by atoms with Crippen LogP contribution in [0.15, 0.2) is 30.4 Å². The van der Waals surface area contributed by atoms with Gasteiger partial charge in [0.25, 0.3) is 0 Å². The lowest BCUT2D eigenvalue weighted by molar-refractivity contribution is 1.22. The van der Waals surface area contributed by atoms with Crippen molar-refractivity contribution >= 4 is 17.1 Å². The van der Waals surface area contributed by atoms with Gasteiger partial charge in [0.15, 0.2) is 0 Å². The van der Waals surface area contributed by atoms with Gasteiger partial charge in [-0.3, -0.25) is 0 Å². The van der Waals surface area contributed by atoms with Gasteiger partial charge in [-0.1, -0.05) is 12.2 Å². The van der Waals surface area contributed by atoms with E-state index in [2.05, 4.69) is 11.9 Å². The first kappa shape index (κ1) is 9.45. The zero-order chi connectivity index (χ0) is 9.84. The van der Waals surface area contributed by atoms with E-state index in [9.17, 15) is 0 Å². The maximum atomic E-state index is 5.64. The fourth-order valence-corrected chi connectivity index (χ4v) is 0.938. The zero-order valence-electron chi connectivity index (χ0n) is 7.80. The highest BCUT2D eigenvalue weighted by Crippen LogP contribution is 2.19. The number of benzene rings is 1. The van der Waals surface area contributed by atoms with E-state index >= 15 is 0 Å². The van der Waals surface area contributed by atoms with Crippen molar-refractivity contribution in [3.63, 3.8) is 0 Å². The molecule has 1 aromatic carbocycles. The lowest BCUT2D eigenvalue weighted by Gasteiger charge is -2.07.